The molecule has 0 fully saturated rings. The first-order chi connectivity index (χ1) is 9.70. The molecule has 0 aromatic heterocycles. The molecule has 21 heavy (non-hydrogen) atoms. The smallest absolute Gasteiger partial charge is 0.264 e. The first-order valence-corrected chi connectivity index (χ1v) is 9.67. The molecule has 0 atom stereocenters. The van der Waals surface area contributed by atoms with Gasteiger partial charge in [0.2, 0.25) is 0 Å². The van der Waals surface area contributed by atoms with Gasteiger partial charge in [-0.1, -0.05) is 27.5 Å². The molecule has 0 radical (unpaired) electrons. The lowest BCUT2D eigenvalue weighted by atomic mass is 10.3. The van der Waals surface area contributed by atoms with Crippen molar-refractivity contribution in [2.75, 3.05) is 10.5 Å². The fraction of sp³-hybridized carbons (Fsp3) is 0. The molecule has 2 aromatic carbocycles. The highest BCUT2D eigenvalue weighted by atomic mass is 79.9. The molecule has 0 unspecified atom stereocenters. The summed E-state index contributed by atoms with van der Waals surface area (Å²) in [6, 6.07) is 7.68. The molecule has 3 N–H and O–H groups in total. The highest BCUT2D eigenvalue weighted by Gasteiger charge is 2.20. The number of sulfonamides is 1. The van der Waals surface area contributed by atoms with Crippen LogP contribution in [0.2, 0.25) is 5.02 Å². The monoisotopic (exact) mass is 516 g/mol. The van der Waals surface area contributed by atoms with E-state index in [1.165, 1.54) is 18.2 Å². The third-order valence-electron chi connectivity index (χ3n) is 2.50. The predicted octanol–water partition coefficient (Wildman–Crippen LogP) is 5.01. The number of rotatable bonds is 3. The van der Waals surface area contributed by atoms with E-state index < -0.39 is 10.0 Å². The van der Waals surface area contributed by atoms with Gasteiger partial charge >= 0.3 is 0 Å². The Labute approximate surface area is 152 Å². The standard InChI is InChI=1S/C12H8Br3ClN2O2S/c13-6-3-8(14)12(9(15)4-6)18-21(19,20)11-2-1-7(16)5-10(11)17/h1-5,18H,17H2. The minimum atomic E-state index is -3.83. The zero-order valence-corrected chi connectivity index (χ0v) is 16.5. The summed E-state index contributed by atoms with van der Waals surface area (Å²) in [7, 11) is -3.83. The number of hydrogen-bond acceptors (Lipinski definition) is 3. The van der Waals surface area contributed by atoms with Crippen LogP contribution in [0.5, 0.6) is 0 Å². The van der Waals surface area contributed by atoms with E-state index in [9.17, 15) is 8.42 Å². The van der Waals surface area contributed by atoms with Gasteiger partial charge in [0.15, 0.2) is 0 Å². The van der Waals surface area contributed by atoms with Gasteiger partial charge in [0.25, 0.3) is 10.0 Å². The van der Waals surface area contributed by atoms with Crippen molar-refractivity contribution in [1.82, 2.24) is 0 Å². The molecule has 2 aromatic rings. The lowest BCUT2D eigenvalue weighted by Crippen LogP contribution is -2.15. The van der Waals surface area contributed by atoms with E-state index in [2.05, 4.69) is 52.5 Å². The first kappa shape index (κ1) is 17.1. The number of benzene rings is 2. The average molecular weight is 519 g/mol. The van der Waals surface area contributed by atoms with Gasteiger partial charge in [-0.05, 0) is 62.2 Å². The molecular formula is C12H8Br3ClN2O2S. The Morgan fingerprint density at radius 1 is 1.05 bits per heavy atom. The molecule has 4 nitrogen and oxygen atoms in total. The van der Waals surface area contributed by atoms with E-state index in [-0.39, 0.29) is 10.6 Å². The molecule has 9 heteroatoms. The van der Waals surface area contributed by atoms with E-state index >= 15 is 0 Å². The number of nitrogens with one attached hydrogen (secondary N) is 1. The summed E-state index contributed by atoms with van der Waals surface area (Å²) < 4.78 is 29.3. The Morgan fingerprint density at radius 2 is 1.62 bits per heavy atom. The van der Waals surface area contributed by atoms with Gasteiger partial charge in [0.1, 0.15) is 4.90 Å². The minimum Gasteiger partial charge on any atom is -0.398 e. The van der Waals surface area contributed by atoms with Crippen LogP contribution in [0, 0.1) is 0 Å². The number of halogens is 4. The van der Waals surface area contributed by atoms with Gasteiger partial charge in [-0.2, -0.15) is 0 Å². The molecule has 112 valence electrons. The van der Waals surface area contributed by atoms with Crippen LogP contribution in [-0.2, 0) is 10.0 Å². The second-order valence-corrected chi connectivity index (χ2v) is 8.74. The molecule has 0 saturated carbocycles. The predicted molar refractivity (Wildman–Crippen MR) is 96.2 cm³/mol. The lowest BCUT2D eigenvalue weighted by Gasteiger charge is -2.13. The van der Waals surface area contributed by atoms with Gasteiger partial charge in [-0.3, -0.25) is 4.72 Å². The van der Waals surface area contributed by atoms with Crippen molar-refractivity contribution in [3.8, 4) is 0 Å². The quantitative estimate of drug-likeness (QED) is 0.561. The van der Waals surface area contributed by atoms with Crippen molar-refractivity contribution in [1.29, 1.82) is 0 Å². The average Bonchev–Trinajstić information content (AvgIpc) is 2.33. The van der Waals surface area contributed by atoms with E-state index in [0.717, 1.165) is 4.47 Å². The summed E-state index contributed by atoms with van der Waals surface area (Å²) in [6.07, 6.45) is 0. The van der Waals surface area contributed by atoms with Crippen LogP contribution >= 0.6 is 59.4 Å². The Kier molecular flexibility index (Phi) is 5.25. The molecule has 0 aliphatic carbocycles. The topological polar surface area (TPSA) is 72.2 Å². The fourth-order valence-corrected chi connectivity index (χ4v) is 5.71. The van der Waals surface area contributed by atoms with Gasteiger partial charge in [-0.25, -0.2) is 8.42 Å². The summed E-state index contributed by atoms with van der Waals surface area (Å²) in [5, 5.41) is 0.373. The Morgan fingerprint density at radius 3 is 2.14 bits per heavy atom. The first-order valence-electron chi connectivity index (χ1n) is 5.43. The van der Waals surface area contributed by atoms with E-state index in [0.29, 0.717) is 19.7 Å². The van der Waals surface area contributed by atoms with E-state index in [1.807, 2.05) is 0 Å². The van der Waals surface area contributed by atoms with Crippen LogP contribution in [0.15, 0.2) is 48.6 Å². The molecule has 0 aliphatic heterocycles. The molecule has 0 bridgehead atoms. The fourth-order valence-electron chi connectivity index (χ4n) is 1.59. The van der Waals surface area contributed by atoms with Gasteiger partial charge < -0.3 is 5.73 Å². The minimum absolute atomic E-state index is 0.0337. The Balaban J connectivity index is 2.47. The molecule has 0 saturated heterocycles. The zero-order chi connectivity index (χ0) is 15.8. The van der Waals surface area contributed by atoms with Gasteiger partial charge in [-0.15, -0.1) is 0 Å². The number of nitrogens with two attached hydrogens (primary N) is 1. The summed E-state index contributed by atoms with van der Waals surface area (Å²) in [4.78, 5) is -0.0337. The second kappa shape index (κ2) is 6.45. The SMILES string of the molecule is Nc1cc(Cl)ccc1S(=O)(=O)Nc1c(Br)cc(Br)cc1Br. The van der Waals surface area contributed by atoms with E-state index in [1.54, 1.807) is 12.1 Å². The molecule has 0 aliphatic rings. The van der Waals surface area contributed by atoms with Crippen LogP contribution in [0.25, 0.3) is 0 Å². The van der Waals surface area contributed by atoms with Crippen molar-refractivity contribution in [3.63, 3.8) is 0 Å². The second-order valence-electron chi connectivity index (χ2n) is 4.03. The van der Waals surface area contributed by atoms with Gasteiger partial charge in [0, 0.05) is 18.4 Å². The highest BCUT2D eigenvalue weighted by Crippen LogP contribution is 2.36. The maximum Gasteiger partial charge on any atom is 0.264 e. The largest absolute Gasteiger partial charge is 0.398 e. The maximum absolute atomic E-state index is 12.4. The third-order valence-corrected chi connectivity index (χ3v) is 5.87. The highest BCUT2D eigenvalue weighted by molar-refractivity contribution is 9.11. The number of anilines is 2. The molecular weight excluding hydrogens is 511 g/mol. The molecule has 0 heterocycles. The zero-order valence-electron chi connectivity index (χ0n) is 10.2. The third kappa shape index (κ3) is 3.92. The van der Waals surface area contributed by atoms with Crippen molar-refractivity contribution in [2.24, 2.45) is 0 Å². The normalized spacial score (nSPS) is 11.4. The Hall–Kier alpha value is -0.280. The number of hydrogen-bond donors (Lipinski definition) is 2. The van der Waals surface area contributed by atoms with Crippen molar-refractivity contribution in [3.05, 3.63) is 48.8 Å². The summed E-state index contributed by atoms with van der Waals surface area (Å²) in [5.41, 5.74) is 6.19. The Bertz CT molecular complexity index is 789. The van der Waals surface area contributed by atoms with Gasteiger partial charge in [0.05, 0.1) is 11.4 Å². The van der Waals surface area contributed by atoms with Crippen molar-refractivity contribution in [2.45, 2.75) is 4.90 Å². The molecule has 0 amide bonds. The van der Waals surface area contributed by atoms with Crippen LogP contribution in [0.3, 0.4) is 0 Å². The van der Waals surface area contributed by atoms with Crippen molar-refractivity contribution >= 4 is 80.8 Å². The van der Waals surface area contributed by atoms with Crippen LogP contribution < -0.4 is 10.5 Å². The molecule has 0 spiro atoms. The molecule has 2 rings (SSSR count). The van der Waals surface area contributed by atoms with E-state index in [4.69, 9.17) is 17.3 Å². The number of nitrogen functional groups attached to an aromatic ring is 1. The lowest BCUT2D eigenvalue weighted by molar-refractivity contribution is 0.601. The van der Waals surface area contributed by atoms with Crippen LogP contribution in [0.1, 0.15) is 0 Å². The van der Waals surface area contributed by atoms with Crippen LogP contribution in [-0.4, -0.2) is 8.42 Å². The maximum atomic E-state index is 12.4. The summed E-state index contributed by atoms with van der Waals surface area (Å²) in [6.45, 7) is 0. The summed E-state index contributed by atoms with van der Waals surface area (Å²) in [5.74, 6) is 0. The van der Waals surface area contributed by atoms with Crippen molar-refractivity contribution < 1.29 is 8.42 Å². The van der Waals surface area contributed by atoms with Crippen LogP contribution in [0.4, 0.5) is 11.4 Å². The summed E-state index contributed by atoms with van der Waals surface area (Å²) >= 11 is 15.7.